The van der Waals surface area contributed by atoms with Gasteiger partial charge in [-0.1, -0.05) is 6.08 Å². The maximum atomic E-state index is 11.0. The van der Waals surface area contributed by atoms with Crippen LogP contribution in [0, 0.1) is 0 Å². The predicted octanol–water partition coefficient (Wildman–Crippen LogP) is 1.53. The van der Waals surface area contributed by atoms with Crippen molar-refractivity contribution in [2.24, 2.45) is 0 Å². The van der Waals surface area contributed by atoms with Crippen molar-refractivity contribution in [2.75, 3.05) is 20.8 Å². The van der Waals surface area contributed by atoms with Gasteiger partial charge in [0.1, 0.15) is 0 Å². The molecule has 8 heteroatoms. The number of halogens is 1. The summed E-state index contributed by atoms with van der Waals surface area (Å²) in [5, 5.41) is 0. The monoisotopic (exact) mass is 243 g/mol. The Hall–Kier alpha value is 1.10. The zero-order chi connectivity index (χ0) is 8.04. The Morgan fingerprint density at radius 2 is 1.77 bits per heavy atom. The number of rotatable bonds is 5. The fourth-order valence-corrected chi connectivity index (χ4v) is 0.972. The van der Waals surface area contributed by atoms with E-state index in [1.165, 1.54) is 20.3 Å². The summed E-state index contributed by atoms with van der Waals surface area (Å²) in [5.74, 6) is 0. The van der Waals surface area contributed by atoms with Crippen molar-refractivity contribution >= 4 is 49.8 Å². The third kappa shape index (κ3) is 11.0. The maximum absolute atomic E-state index is 11.0. The number of phosphoric ester groups is 1. The van der Waals surface area contributed by atoms with Gasteiger partial charge in [-0.2, -0.15) is 0 Å². The van der Waals surface area contributed by atoms with Gasteiger partial charge in [0.25, 0.3) is 0 Å². The minimum atomic E-state index is -3.27. The van der Waals surface area contributed by atoms with Gasteiger partial charge < -0.3 is 6.15 Å². The van der Waals surface area contributed by atoms with Crippen molar-refractivity contribution in [3.8, 4) is 0 Å². The van der Waals surface area contributed by atoms with Crippen molar-refractivity contribution in [2.45, 2.75) is 0 Å². The van der Waals surface area contributed by atoms with Crippen molar-refractivity contribution in [1.82, 2.24) is 6.15 Å². The van der Waals surface area contributed by atoms with Crippen LogP contribution in [0.15, 0.2) is 12.7 Å². The molecule has 0 atom stereocenters. The first-order chi connectivity index (χ1) is 4.68. The molecule has 13 heavy (non-hydrogen) atoms. The molecule has 0 heterocycles. The summed E-state index contributed by atoms with van der Waals surface area (Å²) in [5.41, 5.74) is 0. The molecule has 0 saturated carbocycles. The zero-order valence-corrected chi connectivity index (χ0v) is 8.90. The Kier molecular flexibility index (Phi) is 23.9. The number of hydrogen-bond donors (Lipinski definition) is 1. The summed E-state index contributed by atoms with van der Waals surface area (Å²) in [6.45, 7) is 3.53. The van der Waals surface area contributed by atoms with E-state index in [4.69, 9.17) is 0 Å². The van der Waals surface area contributed by atoms with Crippen LogP contribution in [0.3, 0.4) is 0 Å². The summed E-state index contributed by atoms with van der Waals surface area (Å²) >= 11 is 0. The fourth-order valence-electron chi connectivity index (χ4n) is 0.324. The van der Waals surface area contributed by atoms with E-state index >= 15 is 0 Å². The average Bonchev–Trinajstić information content (AvgIpc) is 2.00. The molecule has 0 aliphatic rings. The van der Waals surface area contributed by atoms with Crippen molar-refractivity contribution in [3.63, 3.8) is 0 Å². The Balaban J connectivity index is -0.000000135. The van der Waals surface area contributed by atoms with Gasteiger partial charge in [0.2, 0.25) is 0 Å². The fraction of sp³-hybridized carbons (Fsp3) is 0.600. The van der Waals surface area contributed by atoms with E-state index in [2.05, 4.69) is 20.2 Å². The van der Waals surface area contributed by atoms with E-state index in [0.29, 0.717) is 0 Å². The first-order valence-electron chi connectivity index (χ1n) is 2.65. The van der Waals surface area contributed by atoms with Gasteiger partial charge in [-0.3, -0.25) is 13.6 Å². The molecule has 0 saturated heterocycles. The molecular formula is C5H16ClNNaO4P. The third-order valence-electron chi connectivity index (χ3n) is 0.798. The SMILES string of the molecule is C=CCOP(=O)(OC)OC.Cl.N.[NaH]. The van der Waals surface area contributed by atoms with Gasteiger partial charge in [0.15, 0.2) is 0 Å². The Morgan fingerprint density at radius 3 is 2.00 bits per heavy atom. The molecule has 5 nitrogen and oxygen atoms in total. The molecule has 0 rings (SSSR count). The minimum absolute atomic E-state index is 0. The molecule has 3 N–H and O–H groups in total. The van der Waals surface area contributed by atoms with E-state index in [0.717, 1.165) is 0 Å². The standard InChI is InChI=1S/C5H11O4P.ClH.H3N.Na.H/c1-4-5-9-10(6,7-2)8-3;;;;/h4H,1,5H2,2-3H3;1H;1H3;;. The predicted molar refractivity (Wildman–Crippen MR) is 57.2 cm³/mol. The van der Waals surface area contributed by atoms with Gasteiger partial charge in [0, 0.05) is 14.2 Å². The molecule has 0 amide bonds. The van der Waals surface area contributed by atoms with E-state index in [9.17, 15) is 4.57 Å². The van der Waals surface area contributed by atoms with Crippen LogP contribution < -0.4 is 6.15 Å². The van der Waals surface area contributed by atoms with Crippen LogP contribution in [-0.2, 0) is 18.1 Å². The van der Waals surface area contributed by atoms with Crippen LogP contribution in [0.25, 0.3) is 0 Å². The van der Waals surface area contributed by atoms with E-state index in [-0.39, 0.29) is 54.7 Å². The Morgan fingerprint density at radius 1 is 1.38 bits per heavy atom. The van der Waals surface area contributed by atoms with Crippen molar-refractivity contribution in [3.05, 3.63) is 12.7 Å². The Bertz CT molecular complexity index is 151. The molecular weight excluding hydrogens is 227 g/mol. The second kappa shape index (κ2) is 13.1. The van der Waals surface area contributed by atoms with Crippen molar-refractivity contribution in [1.29, 1.82) is 0 Å². The van der Waals surface area contributed by atoms with E-state index in [1.54, 1.807) is 0 Å². The summed E-state index contributed by atoms with van der Waals surface area (Å²) in [6, 6.07) is 0. The molecule has 0 bridgehead atoms. The second-order valence-corrected chi connectivity index (χ2v) is 3.28. The molecule has 0 unspecified atom stereocenters. The first kappa shape index (κ1) is 23.7. The summed E-state index contributed by atoms with van der Waals surface area (Å²) < 4.78 is 24.6. The van der Waals surface area contributed by atoms with Crippen LogP contribution in [0.2, 0.25) is 0 Å². The van der Waals surface area contributed by atoms with Crippen LogP contribution >= 0.6 is 20.2 Å². The van der Waals surface area contributed by atoms with Crippen LogP contribution in [-0.4, -0.2) is 50.4 Å². The molecule has 0 aromatic rings. The normalized spacial score (nSPS) is 8.77. The van der Waals surface area contributed by atoms with Gasteiger partial charge in [-0.25, -0.2) is 4.57 Å². The molecule has 0 spiro atoms. The van der Waals surface area contributed by atoms with Gasteiger partial charge in [0.05, 0.1) is 6.61 Å². The van der Waals surface area contributed by atoms with Crippen LogP contribution in [0.5, 0.6) is 0 Å². The molecule has 0 aromatic carbocycles. The number of hydrogen-bond acceptors (Lipinski definition) is 5. The molecule has 0 aliphatic carbocycles. The topological polar surface area (TPSA) is 79.8 Å². The molecule has 0 aliphatic heterocycles. The molecule has 78 valence electrons. The van der Waals surface area contributed by atoms with Crippen LogP contribution in [0.1, 0.15) is 0 Å². The summed E-state index contributed by atoms with van der Waals surface area (Å²) in [6.07, 6.45) is 1.46. The quantitative estimate of drug-likeness (QED) is 0.450. The van der Waals surface area contributed by atoms with Crippen LogP contribution in [0.4, 0.5) is 0 Å². The summed E-state index contributed by atoms with van der Waals surface area (Å²) in [7, 11) is -0.754. The van der Waals surface area contributed by atoms with Gasteiger partial charge >= 0.3 is 37.4 Å². The van der Waals surface area contributed by atoms with E-state index < -0.39 is 7.82 Å². The van der Waals surface area contributed by atoms with Crippen molar-refractivity contribution < 1.29 is 18.1 Å². The zero-order valence-electron chi connectivity index (χ0n) is 7.19. The number of phosphoric acid groups is 1. The average molecular weight is 244 g/mol. The Labute approximate surface area is 107 Å². The first-order valence-corrected chi connectivity index (χ1v) is 4.11. The second-order valence-electron chi connectivity index (χ2n) is 1.40. The molecule has 0 aromatic heterocycles. The van der Waals surface area contributed by atoms with E-state index in [1.807, 2.05) is 0 Å². The third-order valence-corrected chi connectivity index (χ3v) is 2.16. The van der Waals surface area contributed by atoms with Gasteiger partial charge in [-0.15, -0.1) is 19.0 Å². The van der Waals surface area contributed by atoms with Gasteiger partial charge in [-0.05, 0) is 0 Å². The molecule has 0 fully saturated rings. The molecule has 0 radical (unpaired) electrons. The summed E-state index contributed by atoms with van der Waals surface area (Å²) in [4.78, 5) is 0.